The van der Waals surface area contributed by atoms with E-state index in [0.717, 1.165) is 16.8 Å². The number of halogens is 2. The molecular weight excluding hydrogens is 326 g/mol. The molecule has 0 aliphatic heterocycles. The highest BCUT2D eigenvalue weighted by atomic mass is 19.3. The molecule has 2 rings (SSSR count). The lowest BCUT2D eigenvalue weighted by molar-refractivity contribution is -0.0498. The Labute approximate surface area is 145 Å². The highest BCUT2D eigenvalue weighted by Gasteiger charge is 2.17. The summed E-state index contributed by atoms with van der Waals surface area (Å²) in [4.78, 5) is 0. The molecule has 5 nitrogen and oxygen atoms in total. The van der Waals surface area contributed by atoms with Crippen LogP contribution in [0.4, 0.5) is 14.6 Å². The average molecular weight is 346 g/mol. The predicted molar refractivity (Wildman–Crippen MR) is 90.6 cm³/mol. The van der Waals surface area contributed by atoms with E-state index in [9.17, 15) is 14.0 Å². The number of benzene rings is 1. The zero-order valence-corrected chi connectivity index (χ0v) is 14.4. The van der Waals surface area contributed by atoms with Crippen LogP contribution in [0.2, 0.25) is 0 Å². The first-order valence-corrected chi connectivity index (χ1v) is 8.09. The van der Waals surface area contributed by atoms with Gasteiger partial charge in [-0.05, 0) is 43.0 Å². The van der Waals surface area contributed by atoms with Gasteiger partial charge in [0.2, 0.25) is 0 Å². The maximum absolute atomic E-state index is 12.4. The predicted octanol–water partition coefficient (Wildman–Crippen LogP) is 4.25. The van der Waals surface area contributed by atoms with Crippen LogP contribution in [0.5, 0.6) is 5.75 Å². The van der Waals surface area contributed by atoms with E-state index in [2.05, 4.69) is 26.3 Å². The maximum atomic E-state index is 12.4. The van der Waals surface area contributed by atoms with E-state index in [1.807, 2.05) is 20.8 Å². The molecule has 1 N–H and O–H groups in total. The number of nitrogens with zero attached hydrogens (tertiary/aromatic N) is 3. The van der Waals surface area contributed by atoms with Gasteiger partial charge >= 0.3 is 6.61 Å². The van der Waals surface area contributed by atoms with Crippen LogP contribution < -0.4 is 10.1 Å². The second-order valence-electron chi connectivity index (χ2n) is 5.48. The van der Waals surface area contributed by atoms with Crippen molar-refractivity contribution in [3.8, 4) is 11.8 Å². The second kappa shape index (κ2) is 8.38. The van der Waals surface area contributed by atoms with Gasteiger partial charge in [-0.2, -0.15) is 19.1 Å². The summed E-state index contributed by atoms with van der Waals surface area (Å²) >= 11 is 0. The molecule has 1 heterocycles. The van der Waals surface area contributed by atoms with Crippen molar-refractivity contribution in [2.45, 2.75) is 46.3 Å². The fourth-order valence-electron chi connectivity index (χ4n) is 2.64. The van der Waals surface area contributed by atoms with Crippen LogP contribution in [0, 0.1) is 11.3 Å². The lowest BCUT2D eigenvalue weighted by atomic mass is 10.0. The minimum atomic E-state index is -2.87. The highest BCUT2D eigenvalue weighted by molar-refractivity contribution is 5.57. The monoisotopic (exact) mass is 346 g/mol. The Hall–Kier alpha value is -2.75. The first-order chi connectivity index (χ1) is 12.0. The molecule has 0 aliphatic carbocycles. The summed E-state index contributed by atoms with van der Waals surface area (Å²) in [5.41, 5.74) is 2.90. The van der Waals surface area contributed by atoms with Crippen LogP contribution in [-0.4, -0.2) is 16.8 Å². The van der Waals surface area contributed by atoms with Crippen molar-refractivity contribution in [1.29, 1.82) is 5.26 Å². The highest BCUT2D eigenvalue weighted by Crippen LogP contribution is 2.26. The molecule has 0 saturated heterocycles. The summed E-state index contributed by atoms with van der Waals surface area (Å²) in [6.45, 7) is 2.91. The molecule has 0 saturated carbocycles. The average Bonchev–Trinajstić information content (AvgIpc) is 2.60. The molecule has 0 spiro atoms. The molecule has 2 aromatic rings. The normalized spacial score (nSPS) is 11.9. The fraction of sp³-hybridized carbons (Fsp3) is 0.389. The number of nitrogens with one attached hydrogen (secondary N) is 1. The molecule has 0 fully saturated rings. The molecule has 1 unspecified atom stereocenters. The second-order valence-corrected chi connectivity index (χ2v) is 5.48. The number of anilines is 1. The minimum absolute atomic E-state index is 0.0864. The summed E-state index contributed by atoms with van der Waals surface area (Å²) < 4.78 is 29.1. The summed E-state index contributed by atoms with van der Waals surface area (Å²) in [7, 11) is 0. The molecule has 1 aromatic carbocycles. The quantitative estimate of drug-likeness (QED) is 0.811. The Morgan fingerprint density at radius 2 is 2.00 bits per heavy atom. The lowest BCUT2D eigenvalue weighted by Gasteiger charge is -2.18. The molecule has 1 atom stereocenters. The van der Waals surface area contributed by atoms with Crippen LogP contribution in [-0.2, 0) is 12.8 Å². The number of nitriles is 1. The van der Waals surface area contributed by atoms with Gasteiger partial charge in [0.05, 0.1) is 11.7 Å². The number of rotatable bonds is 7. The Kier molecular flexibility index (Phi) is 6.23. The van der Waals surface area contributed by atoms with Crippen LogP contribution in [0.15, 0.2) is 24.3 Å². The number of hydrogen-bond acceptors (Lipinski definition) is 5. The van der Waals surface area contributed by atoms with Gasteiger partial charge in [-0.3, -0.25) is 0 Å². The number of alkyl halides is 2. The maximum Gasteiger partial charge on any atom is 0.387 e. The Balaban J connectivity index is 2.29. The smallest absolute Gasteiger partial charge is 0.387 e. The van der Waals surface area contributed by atoms with Gasteiger partial charge in [0, 0.05) is 0 Å². The molecule has 7 heteroatoms. The van der Waals surface area contributed by atoms with Crippen LogP contribution in [0.1, 0.15) is 49.2 Å². The molecule has 1 aromatic heterocycles. The van der Waals surface area contributed by atoms with Gasteiger partial charge in [-0.25, -0.2) is 0 Å². The number of ether oxygens (including phenoxy) is 1. The van der Waals surface area contributed by atoms with Gasteiger partial charge in [-0.15, -0.1) is 5.10 Å². The number of hydrogen-bond donors (Lipinski definition) is 1. The summed E-state index contributed by atoms with van der Waals surface area (Å²) in [6, 6.07) is 8.36. The standard InChI is InChI=1S/C18H20F2N4O/c1-4-14-15(10-21)17(24-23-16(14)5-2)22-11(3)12-7-6-8-13(9-12)25-18(19)20/h6-9,11,18H,4-5H2,1-3H3,(H,22,24). The first kappa shape index (κ1) is 18.6. The van der Waals surface area contributed by atoms with Gasteiger partial charge in [0.25, 0.3) is 0 Å². The number of aryl methyl sites for hydroxylation is 1. The van der Waals surface area contributed by atoms with E-state index in [-0.39, 0.29) is 11.8 Å². The van der Waals surface area contributed by atoms with Crippen molar-refractivity contribution in [3.05, 3.63) is 46.6 Å². The number of aromatic nitrogens is 2. The molecule has 0 aliphatic rings. The van der Waals surface area contributed by atoms with E-state index in [4.69, 9.17) is 0 Å². The van der Waals surface area contributed by atoms with Crippen molar-refractivity contribution in [2.75, 3.05) is 5.32 Å². The fourth-order valence-corrected chi connectivity index (χ4v) is 2.64. The molecule has 0 radical (unpaired) electrons. The summed E-state index contributed by atoms with van der Waals surface area (Å²) in [5, 5.41) is 21.0. The van der Waals surface area contributed by atoms with E-state index >= 15 is 0 Å². The van der Waals surface area contributed by atoms with Crippen molar-refractivity contribution in [1.82, 2.24) is 10.2 Å². The van der Waals surface area contributed by atoms with Gasteiger partial charge in [-0.1, -0.05) is 26.0 Å². The lowest BCUT2D eigenvalue weighted by Crippen LogP contribution is -2.13. The topological polar surface area (TPSA) is 70.8 Å². The van der Waals surface area contributed by atoms with Crippen molar-refractivity contribution in [2.24, 2.45) is 0 Å². The first-order valence-electron chi connectivity index (χ1n) is 8.09. The molecular formula is C18H20F2N4O. The Morgan fingerprint density at radius 1 is 1.24 bits per heavy atom. The minimum Gasteiger partial charge on any atom is -0.435 e. The SMILES string of the molecule is CCc1nnc(NC(C)c2cccc(OC(F)F)c2)c(C#N)c1CC. The molecule has 132 valence electrons. The van der Waals surface area contributed by atoms with Crippen molar-refractivity contribution < 1.29 is 13.5 Å². The van der Waals surface area contributed by atoms with Crippen LogP contribution in [0.3, 0.4) is 0 Å². The largest absolute Gasteiger partial charge is 0.435 e. The van der Waals surface area contributed by atoms with Gasteiger partial charge in [0.15, 0.2) is 5.82 Å². The summed E-state index contributed by atoms with van der Waals surface area (Å²) in [6.07, 6.45) is 1.38. The molecule has 0 bridgehead atoms. The van der Waals surface area contributed by atoms with Crippen LogP contribution in [0.25, 0.3) is 0 Å². The van der Waals surface area contributed by atoms with E-state index in [1.54, 1.807) is 12.1 Å². The third-order valence-corrected chi connectivity index (χ3v) is 3.89. The summed E-state index contributed by atoms with van der Waals surface area (Å²) in [5.74, 6) is 0.479. The Bertz CT molecular complexity index is 774. The van der Waals surface area contributed by atoms with E-state index in [0.29, 0.717) is 24.2 Å². The van der Waals surface area contributed by atoms with Gasteiger partial charge < -0.3 is 10.1 Å². The van der Waals surface area contributed by atoms with Crippen molar-refractivity contribution in [3.63, 3.8) is 0 Å². The Morgan fingerprint density at radius 3 is 2.60 bits per heavy atom. The van der Waals surface area contributed by atoms with Crippen LogP contribution >= 0.6 is 0 Å². The van der Waals surface area contributed by atoms with E-state index < -0.39 is 6.61 Å². The zero-order chi connectivity index (χ0) is 18.4. The third kappa shape index (κ3) is 4.41. The van der Waals surface area contributed by atoms with E-state index in [1.165, 1.54) is 12.1 Å². The zero-order valence-electron chi connectivity index (χ0n) is 14.4. The molecule has 0 amide bonds. The van der Waals surface area contributed by atoms with Crippen molar-refractivity contribution >= 4 is 5.82 Å². The van der Waals surface area contributed by atoms with Gasteiger partial charge in [0.1, 0.15) is 17.4 Å². The molecule has 25 heavy (non-hydrogen) atoms. The third-order valence-electron chi connectivity index (χ3n) is 3.89.